The van der Waals surface area contributed by atoms with Crippen LogP contribution in [0.15, 0.2) is 53.1 Å². The van der Waals surface area contributed by atoms with Crippen LogP contribution >= 0.6 is 0 Å². The summed E-state index contributed by atoms with van der Waals surface area (Å²) in [4.78, 5) is 5.89. The van der Waals surface area contributed by atoms with Crippen molar-refractivity contribution >= 4 is 0 Å². The third-order valence-electron chi connectivity index (χ3n) is 4.44. The summed E-state index contributed by atoms with van der Waals surface area (Å²) in [5.74, 6) is 1.57. The first kappa shape index (κ1) is 17.1. The molecule has 7 nitrogen and oxygen atoms in total. The van der Waals surface area contributed by atoms with E-state index in [9.17, 15) is 0 Å². The summed E-state index contributed by atoms with van der Waals surface area (Å²) < 4.78 is 5.34. The molecule has 0 spiro atoms. The van der Waals surface area contributed by atoms with Crippen LogP contribution in [0.1, 0.15) is 30.9 Å². The van der Waals surface area contributed by atoms with E-state index in [2.05, 4.69) is 63.7 Å². The van der Waals surface area contributed by atoms with E-state index in [-0.39, 0.29) is 6.54 Å². The van der Waals surface area contributed by atoms with Gasteiger partial charge in [-0.15, -0.1) is 10.2 Å². The van der Waals surface area contributed by atoms with E-state index < -0.39 is 0 Å². The van der Waals surface area contributed by atoms with Crippen LogP contribution in [-0.4, -0.2) is 30.3 Å². The highest BCUT2D eigenvalue weighted by molar-refractivity contribution is 5.55. The van der Waals surface area contributed by atoms with E-state index >= 15 is 0 Å². The lowest BCUT2D eigenvalue weighted by Crippen LogP contribution is -2.04. The number of tetrazole rings is 1. The number of hydrogen-bond acceptors (Lipinski definition) is 6. The van der Waals surface area contributed by atoms with E-state index in [1.54, 1.807) is 0 Å². The second kappa shape index (κ2) is 7.49. The zero-order valence-electron chi connectivity index (χ0n) is 15.3. The molecule has 0 unspecified atom stereocenters. The Balaban J connectivity index is 1.48. The average Bonchev–Trinajstić information content (AvgIpc) is 3.38. The quantitative estimate of drug-likeness (QED) is 0.523. The lowest BCUT2D eigenvalue weighted by molar-refractivity contribution is 0.356. The van der Waals surface area contributed by atoms with Crippen LogP contribution in [0.5, 0.6) is 0 Å². The molecular formula is C20H20N6O. The SMILES string of the molecule is CCc1ccc(-c2noc(Cn3nnc(-c4ccc(CC)cc4)n3)n2)cc1. The molecule has 27 heavy (non-hydrogen) atoms. The Morgan fingerprint density at radius 3 is 2.00 bits per heavy atom. The van der Waals surface area contributed by atoms with Crippen LogP contribution in [0, 0.1) is 0 Å². The van der Waals surface area contributed by atoms with Crippen molar-refractivity contribution in [1.29, 1.82) is 0 Å². The van der Waals surface area contributed by atoms with Crippen LogP contribution < -0.4 is 0 Å². The van der Waals surface area contributed by atoms with Crippen molar-refractivity contribution in [1.82, 2.24) is 30.3 Å². The van der Waals surface area contributed by atoms with Crippen molar-refractivity contribution in [3.8, 4) is 22.8 Å². The third kappa shape index (κ3) is 3.76. The molecule has 2 aromatic carbocycles. The highest BCUT2D eigenvalue weighted by Gasteiger charge is 2.12. The number of aromatic nitrogens is 6. The summed E-state index contributed by atoms with van der Waals surface area (Å²) in [7, 11) is 0. The van der Waals surface area contributed by atoms with Gasteiger partial charge in [0.15, 0.2) is 0 Å². The summed E-state index contributed by atoms with van der Waals surface area (Å²) in [6.07, 6.45) is 2.00. The Labute approximate surface area is 157 Å². The first-order chi connectivity index (χ1) is 13.2. The average molecular weight is 360 g/mol. The Morgan fingerprint density at radius 1 is 0.815 bits per heavy atom. The Bertz CT molecular complexity index is 934. The predicted octanol–water partition coefficient (Wildman–Crippen LogP) is 3.56. The standard InChI is InChI=1S/C20H20N6O/c1-3-14-5-9-16(10-6-14)19-21-18(27-24-19)13-26-23-20(22-25-26)17-11-7-15(4-2)8-12-17/h5-12H,3-4,13H2,1-2H3. The summed E-state index contributed by atoms with van der Waals surface area (Å²) in [5.41, 5.74) is 4.40. The Kier molecular flexibility index (Phi) is 4.74. The molecule has 0 aliphatic heterocycles. The van der Waals surface area contributed by atoms with E-state index in [1.807, 2.05) is 24.3 Å². The largest absolute Gasteiger partial charge is 0.337 e. The van der Waals surface area contributed by atoms with Gasteiger partial charge in [0, 0.05) is 11.1 Å². The van der Waals surface area contributed by atoms with Gasteiger partial charge in [-0.1, -0.05) is 67.5 Å². The van der Waals surface area contributed by atoms with Crippen LogP contribution in [0.3, 0.4) is 0 Å². The maximum absolute atomic E-state index is 5.34. The normalized spacial score (nSPS) is 11.0. The number of nitrogens with zero attached hydrogens (tertiary/aromatic N) is 6. The van der Waals surface area contributed by atoms with Gasteiger partial charge in [-0.2, -0.15) is 9.78 Å². The maximum atomic E-state index is 5.34. The smallest absolute Gasteiger partial charge is 0.250 e. The van der Waals surface area contributed by atoms with Crippen LogP contribution in [0.4, 0.5) is 0 Å². The topological polar surface area (TPSA) is 82.5 Å². The lowest BCUT2D eigenvalue weighted by Gasteiger charge is -1.97. The van der Waals surface area contributed by atoms with Crippen molar-refractivity contribution in [2.75, 3.05) is 0 Å². The molecule has 2 aromatic heterocycles. The fraction of sp³-hybridized carbons (Fsp3) is 0.250. The van der Waals surface area contributed by atoms with Crippen molar-refractivity contribution in [3.05, 3.63) is 65.5 Å². The number of hydrogen-bond donors (Lipinski definition) is 0. The predicted molar refractivity (Wildman–Crippen MR) is 101 cm³/mol. The molecule has 0 aliphatic carbocycles. The zero-order chi connectivity index (χ0) is 18.6. The van der Waals surface area contributed by atoms with E-state index in [1.165, 1.54) is 15.9 Å². The Hall–Kier alpha value is -3.35. The highest BCUT2D eigenvalue weighted by atomic mass is 16.5. The lowest BCUT2D eigenvalue weighted by atomic mass is 10.1. The van der Waals surface area contributed by atoms with Crippen LogP contribution in [0.2, 0.25) is 0 Å². The number of rotatable bonds is 6. The molecule has 0 fully saturated rings. The monoisotopic (exact) mass is 360 g/mol. The first-order valence-corrected chi connectivity index (χ1v) is 9.04. The summed E-state index contributed by atoms with van der Waals surface area (Å²) in [5, 5.41) is 16.6. The third-order valence-corrected chi connectivity index (χ3v) is 4.44. The second-order valence-corrected chi connectivity index (χ2v) is 6.26. The maximum Gasteiger partial charge on any atom is 0.250 e. The molecule has 4 aromatic rings. The second-order valence-electron chi connectivity index (χ2n) is 6.26. The minimum atomic E-state index is 0.278. The molecule has 0 aliphatic rings. The molecule has 0 N–H and O–H groups in total. The van der Waals surface area contributed by atoms with E-state index in [0.717, 1.165) is 24.0 Å². The minimum absolute atomic E-state index is 0.278. The Morgan fingerprint density at radius 2 is 1.41 bits per heavy atom. The summed E-state index contributed by atoms with van der Waals surface area (Å²) >= 11 is 0. The van der Waals surface area contributed by atoms with Gasteiger partial charge in [0.1, 0.15) is 6.54 Å². The van der Waals surface area contributed by atoms with Crippen molar-refractivity contribution in [2.45, 2.75) is 33.2 Å². The first-order valence-electron chi connectivity index (χ1n) is 9.04. The van der Waals surface area contributed by atoms with Crippen molar-refractivity contribution in [2.24, 2.45) is 0 Å². The molecule has 0 atom stereocenters. The zero-order valence-corrected chi connectivity index (χ0v) is 15.3. The molecule has 0 radical (unpaired) electrons. The highest BCUT2D eigenvalue weighted by Crippen LogP contribution is 2.18. The summed E-state index contributed by atoms with van der Waals surface area (Å²) in [6.45, 7) is 4.53. The molecule has 2 heterocycles. The van der Waals surface area contributed by atoms with Crippen LogP contribution in [0.25, 0.3) is 22.8 Å². The number of benzene rings is 2. The fourth-order valence-corrected chi connectivity index (χ4v) is 2.76. The van der Waals surface area contributed by atoms with Gasteiger partial charge < -0.3 is 4.52 Å². The molecule has 0 saturated carbocycles. The molecule has 7 heteroatoms. The molecule has 0 bridgehead atoms. The molecule has 136 valence electrons. The minimum Gasteiger partial charge on any atom is -0.337 e. The fourth-order valence-electron chi connectivity index (χ4n) is 2.76. The van der Waals surface area contributed by atoms with Gasteiger partial charge in [0.05, 0.1) is 0 Å². The summed E-state index contributed by atoms with van der Waals surface area (Å²) in [6, 6.07) is 16.3. The van der Waals surface area contributed by atoms with E-state index in [0.29, 0.717) is 17.5 Å². The van der Waals surface area contributed by atoms with E-state index in [4.69, 9.17) is 4.52 Å². The molecule has 0 saturated heterocycles. The van der Waals surface area contributed by atoms with Gasteiger partial charge in [-0.05, 0) is 29.2 Å². The van der Waals surface area contributed by atoms with Gasteiger partial charge in [0.2, 0.25) is 11.6 Å². The van der Waals surface area contributed by atoms with Gasteiger partial charge in [-0.3, -0.25) is 0 Å². The number of aryl methyl sites for hydroxylation is 2. The van der Waals surface area contributed by atoms with Crippen LogP contribution in [-0.2, 0) is 19.4 Å². The molecular weight excluding hydrogens is 340 g/mol. The molecule has 4 rings (SSSR count). The van der Waals surface area contributed by atoms with Gasteiger partial charge in [-0.25, -0.2) is 0 Å². The van der Waals surface area contributed by atoms with Gasteiger partial charge >= 0.3 is 0 Å². The van der Waals surface area contributed by atoms with Gasteiger partial charge in [0.25, 0.3) is 5.89 Å². The molecule has 0 amide bonds. The van der Waals surface area contributed by atoms with Crippen molar-refractivity contribution < 1.29 is 4.52 Å². The van der Waals surface area contributed by atoms with Crippen molar-refractivity contribution in [3.63, 3.8) is 0 Å².